The van der Waals surface area contributed by atoms with E-state index in [2.05, 4.69) is 78.1 Å². The Labute approximate surface area is 248 Å². The molecule has 5 heteroatoms. The molecule has 0 aliphatic rings. The molecule has 3 aromatic carbocycles. The van der Waals surface area contributed by atoms with E-state index in [4.69, 9.17) is 4.11 Å². The SMILES string of the molecule is Cc1ccc(-c2[c-]cccc2)nc1.[2H]C([2H])([2H])c1ccc(-c2[c-]cc([Si](C)(C)C)c3c2sc2ccccc23)nc1.[Ir]. The molecule has 0 fully saturated rings. The molecule has 1 radical (unpaired) electrons. The van der Waals surface area contributed by atoms with Gasteiger partial charge in [-0.1, -0.05) is 67.5 Å². The summed E-state index contributed by atoms with van der Waals surface area (Å²) in [6.07, 6.45) is 3.33. The Kier molecular flexibility index (Phi) is 7.51. The zero-order chi connectivity index (χ0) is 28.5. The molecule has 0 atom stereocenters. The van der Waals surface area contributed by atoms with Crippen molar-refractivity contribution in [1.29, 1.82) is 0 Å². The number of nitrogens with zero attached hydrogens (tertiary/aromatic N) is 2. The fourth-order valence-corrected chi connectivity index (χ4v) is 7.11. The van der Waals surface area contributed by atoms with E-state index in [-0.39, 0.29) is 25.7 Å². The third kappa shape index (κ3) is 6.03. The van der Waals surface area contributed by atoms with Gasteiger partial charge in [-0.25, -0.2) is 0 Å². The number of aryl methyl sites for hydroxylation is 2. The second-order valence-corrected chi connectivity index (χ2v) is 16.1. The van der Waals surface area contributed by atoms with E-state index in [0.29, 0.717) is 0 Å². The molecule has 2 nitrogen and oxygen atoms in total. The van der Waals surface area contributed by atoms with E-state index in [1.54, 1.807) is 23.5 Å². The second-order valence-electron chi connectivity index (χ2n) is 10.1. The maximum atomic E-state index is 7.54. The van der Waals surface area contributed by atoms with Crippen LogP contribution in [0.3, 0.4) is 0 Å². The first kappa shape index (κ1) is 24.1. The Balaban J connectivity index is 0.000000233. The van der Waals surface area contributed by atoms with Crippen molar-refractivity contribution in [3.05, 3.63) is 115 Å². The van der Waals surface area contributed by atoms with Crippen LogP contribution in [0.25, 0.3) is 42.7 Å². The van der Waals surface area contributed by atoms with Crippen LogP contribution >= 0.6 is 11.3 Å². The molecule has 0 saturated carbocycles. The minimum Gasteiger partial charge on any atom is -0.304 e. The molecule has 0 unspecified atom stereocenters. The summed E-state index contributed by atoms with van der Waals surface area (Å²) >= 11 is 1.76. The molecule has 3 aromatic heterocycles. The standard InChI is InChI=1S/C21H20NSSi.C12H10N.Ir/c1-14-9-11-17(22-13-14)15-10-12-19(24(2,3)4)20-16-7-5-6-8-18(16)23-21(15)20;1-10-7-8-12(13-9-10)11-5-3-2-4-6-11;/h5-9,11-13H,1-4H3;2-5,7-9H,1H3;/q2*-1;/i1D3;;. The van der Waals surface area contributed by atoms with Gasteiger partial charge < -0.3 is 9.97 Å². The molecule has 0 aliphatic carbocycles. The Hall–Kier alpha value is -2.95. The largest absolute Gasteiger partial charge is 0.304 e. The summed E-state index contributed by atoms with van der Waals surface area (Å²) in [7, 11) is -1.56. The number of thiophene rings is 1. The van der Waals surface area contributed by atoms with Crippen LogP contribution in [0, 0.1) is 25.9 Å². The van der Waals surface area contributed by atoms with Crippen LogP contribution in [0.5, 0.6) is 0 Å². The monoisotopic (exact) mass is 710 g/mol. The number of rotatable bonds is 3. The van der Waals surface area contributed by atoms with Crippen molar-refractivity contribution in [3.63, 3.8) is 0 Å². The smallest absolute Gasteiger partial charge is 0.0300 e. The Bertz CT molecular complexity index is 1760. The summed E-state index contributed by atoms with van der Waals surface area (Å²) in [5, 5.41) is 3.99. The zero-order valence-corrected chi connectivity index (χ0v) is 26.0. The summed E-state index contributed by atoms with van der Waals surface area (Å²) in [5.41, 5.74) is 5.18. The Morgan fingerprint density at radius 3 is 2.18 bits per heavy atom. The predicted molar refractivity (Wildman–Crippen MR) is 162 cm³/mol. The van der Waals surface area contributed by atoms with Gasteiger partial charge in [0.25, 0.3) is 0 Å². The first-order chi connectivity index (χ1) is 19.0. The summed E-state index contributed by atoms with van der Waals surface area (Å²) < 4.78 is 25.1. The minimum atomic E-state index is -2.14. The average molecular weight is 710 g/mol. The first-order valence-electron chi connectivity index (χ1n) is 13.8. The van der Waals surface area contributed by atoms with E-state index in [1.807, 2.05) is 43.5 Å². The number of fused-ring (bicyclic) bond motifs is 3. The molecular formula is C33H30IrN2SSi-2. The third-order valence-corrected chi connectivity index (χ3v) is 9.38. The van der Waals surface area contributed by atoms with Gasteiger partial charge in [-0.05, 0) is 52.4 Å². The van der Waals surface area contributed by atoms with Gasteiger partial charge >= 0.3 is 0 Å². The van der Waals surface area contributed by atoms with Crippen LogP contribution in [-0.2, 0) is 20.1 Å². The van der Waals surface area contributed by atoms with Crippen molar-refractivity contribution in [2.45, 2.75) is 33.4 Å². The molecule has 0 N–H and O–H groups in total. The van der Waals surface area contributed by atoms with Gasteiger partial charge in [-0.15, -0.1) is 58.8 Å². The van der Waals surface area contributed by atoms with Gasteiger partial charge in [-0.2, -0.15) is 11.3 Å². The number of hydrogen-bond donors (Lipinski definition) is 0. The maximum absolute atomic E-state index is 7.54. The molecule has 38 heavy (non-hydrogen) atoms. The van der Waals surface area contributed by atoms with Gasteiger partial charge in [-0.3, -0.25) is 0 Å². The molecule has 0 saturated heterocycles. The van der Waals surface area contributed by atoms with E-state index in [0.717, 1.165) is 22.5 Å². The molecular weight excluding hydrogens is 677 g/mol. The van der Waals surface area contributed by atoms with E-state index < -0.39 is 14.9 Å². The molecule has 0 bridgehead atoms. The minimum absolute atomic E-state index is 0. The van der Waals surface area contributed by atoms with Gasteiger partial charge in [0.15, 0.2) is 0 Å². The molecule has 6 rings (SSSR count). The van der Waals surface area contributed by atoms with Crippen molar-refractivity contribution in [2.24, 2.45) is 0 Å². The van der Waals surface area contributed by atoms with Crippen molar-refractivity contribution in [2.75, 3.05) is 0 Å². The Morgan fingerprint density at radius 1 is 0.816 bits per heavy atom. The quantitative estimate of drug-likeness (QED) is 0.136. The molecule has 0 spiro atoms. The molecule has 6 aromatic rings. The molecule has 193 valence electrons. The predicted octanol–water partition coefficient (Wildman–Crippen LogP) is 8.63. The van der Waals surface area contributed by atoms with E-state index in [1.165, 1.54) is 37.1 Å². The topological polar surface area (TPSA) is 25.8 Å². The zero-order valence-electron chi connectivity index (χ0n) is 24.8. The first-order valence-corrected chi connectivity index (χ1v) is 16.6. The number of pyridine rings is 2. The number of aromatic nitrogens is 2. The third-order valence-electron chi connectivity index (χ3n) is 6.18. The number of hydrogen-bond acceptors (Lipinski definition) is 3. The van der Waals surface area contributed by atoms with Gasteiger partial charge in [0.05, 0.1) is 0 Å². The van der Waals surface area contributed by atoms with Crippen LogP contribution in [0.4, 0.5) is 0 Å². The fourth-order valence-electron chi connectivity index (χ4n) is 4.27. The van der Waals surface area contributed by atoms with E-state index >= 15 is 0 Å². The summed E-state index contributed by atoms with van der Waals surface area (Å²) in [6.45, 7) is 6.96. The Morgan fingerprint density at radius 2 is 1.53 bits per heavy atom. The van der Waals surface area contributed by atoms with Gasteiger partial charge in [0.2, 0.25) is 0 Å². The van der Waals surface area contributed by atoms with Crippen LogP contribution < -0.4 is 5.19 Å². The van der Waals surface area contributed by atoms with Crippen molar-refractivity contribution in [1.82, 2.24) is 9.97 Å². The van der Waals surface area contributed by atoms with Crippen LogP contribution in [0.2, 0.25) is 19.6 Å². The van der Waals surface area contributed by atoms with Gasteiger partial charge in [0.1, 0.15) is 0 Å². The van der Waals surface area contributed by atoms with E-state index in [9.17, 15) is 0 Å². The maximum Gasteiger partial charge on any atom is 0.0300 e. The van der Waals surface area contributed by atoms with Crippen molar-refractivity contribution >= 4 is 44.8 Å². The second kappa shape index (κ2) is 11.8. The van der Waals surface area contributed by atoms with Crippen LogP contribution in [0.15, 0.2) is 91.3 Å². The fraction of sp³-hybridized carbons (Fsp3) is 0.152. The molecule has 0 amide bonds. The normalized spacial score (nSPS) is 12.6. The van der Waals surface area contributed by atoms with Crippen molar-refractivity contribution < 1.29 is 24.2 Å². The van der Waals surface area contributed by atoms with Gasteiger partial charge in [0, 0.05) is 49.4 Å². The molecule has 0 aliphatic heterocycles. The molecule has 3 heterocycles. The number of benzene rings is 3. The summed E-state index contributed by atoms with van der Waals surface area (Å²) in [5.74, 6) is 0. The summed E-state index contributed by atoms with van der Waals surface area (Å²) in [6, 6.07) is 32.6. The average Bonchev–Trinajstić information content (AvgIpc) is 3.32. The summed E-state index contributed by atoms with van der Waals surface area (Å²) in [4.78, 5) is 8.77. The van der Waals surface area contributed by atoms with Crippen LogP contribution in [-0.4, -0.2) is 18.0 Å². The van der Waals surface area contributed by atoms with Crippen LogP contribution in [0.1, 0.15) is 15.2 Å². The van der Waals surface area contributed by atoms with Crippen molar-refractivity contribution in [3.8, 4) is 22.5 Å².